The van der Waals surface area contributed by atoms with Crippen molar-refractivity contribution in [2.75, 3.05) is 14.2 Å². The number of phenols is 1. The van der Waals surface area contributed by atoms with Crippen molar-refractivity contribution >= 4 is 16.9 Å². The third-order valence-electron chi connectivity index (χ3n) is 5.05. The molecule has 0 amide bonds. The zero-order valence-corrected chi connectivity index (χ0v) is 17.9. The molecule has 0 fully saturated rings. The maximum absolute atomic E-state index is 12.4. The Labute approximate surface area is 180 Å². The van der Waals surface area contributed by atoms with Crippen LogP contribution in [-0.4, -0.2) is 30.4 Å². The van der Waals surface area contributed by atoms with E-state index in [1.165, 1.54) is 29.9 Å². The molecule has 2 heterocycles. The predicted octanol–water partition coefficient (Wildman–Crippen LogP) is 0.428. The first kappa shape index (κ1) is 18.7. The van der Waals surface area contributed by atoms with Gasteiger partial charge in [-0.25, -0.2) is 0 Å². The maximum atomic E-state index is 12.4. The van der Waals surface area contributed by atoms with Crippen LogP contribution in [0.4, 0.5) is 0 Å². The van der Waals surface area contributed by atoms with Crippen molar-refractivity contribution in [3.8, 4) is 39.7 Å². The number of carboxylic acids is 1. The molecule has 30 heavy (non-hydrogen) atoms. The summed E-state index contributed by atoms with van der Waals surface area (Å²) in [6.07, 6.45) is 0. The summed E-state index contributed by atoms with van der Waals surface area (Å²) in [7, 11) is 2.76. The van der Waals surface area contributed by atoms with Gasteiger partial charge >= 0.3 is 180 Å². The molecule has 3 aliphatic rings. The summed E-state index contributed by atoms with van der Waals surface area (Å²) in [6.45, 7) is 0. The van der Waals surface area contributed by atoms with Gasteiger partial charge in [-0.3, -0.25) is 0 Å². The van der Waals surface area contributed by atoms with Gasteiger partial charge in [-0.15, -0.1) is 0 Å². The first-order valence-corrected chi connectivity index (χ1v) is 11.0. The number of hydrogen-bond acceptors (Lipinski definition) is 6. The number of benzene rings is 3. The first-order chi connectivity index (χ1) is 14.4. The molecule has 0 spiro atoms. The number of rotatable bonds is 4. The standard InChI is InChI=1S/C22H14IO7/c1-28-20-15(24)5-3-9-17(11-7-13-14(23-13)8-12(11)22(26)27)10-4-6-16(25)21(29-2)19(10)30-18(9)20/h3-8,24H,1-2H3,(H,26,27)/q-1. The molecule has 2 N–H and O–H groups in total. The van der Waals surface area contributed by atoms with Gasteiger partial charge in [0.15, 0.2) is 0 Å². The van der Waals surface area contributed by atoms with Crippen molar-refractivity contribution in [2.24, 2.45) is 0 Å². The average Bonchev–Trinajstić information content (AvgIpc) is 3.49. The van der Waals surface area contributed by atoms with Gasteiger partial charge in [-0.05, 0) is 0 Å². The van der Waals surface area contributed by atoms with Gasteiger partial charge in [0.2, 0.25) is 0 Å². The summed E-state index contributed by atoms with van der Waals surface area (Å²) < 4.78 is 18.9. The number of halogens is 1. The monoisotopic (exact) mass is 517 g/mol. The molecule has 1 aliphatic carbocycles. The molecule has 5 rings (SSSR count). The second-order valence-corrected chi connectivity index (χ2v) is 9.52. The number of carboxylic acid groups (broad SMARTS) is 1. The van der Waals surface area contributed by atoms with E-state index in [2.05, 4.69) is 0 Å². The van der Waals surface area contributed by atoms with E-state index < -0.39 is 5.97 Å². The Bertz CT molecular complexity index is 1400. The molecule has 0 saturated carbocycles. The van der Waals surface area contributed by atoms with Crippen molar-refractivity contribution < 1.29 is 50.1 Å². The molecule has 0 bridgehead atoms. The van der Waals surface area contributed by atoms with E-state index in [0.29, 0.717) is 22.1 Å². The van der Waals surface area contributed by atoms with Crippen molar-refractivity contribution in [2.45, 2.75) is 0 Å². The van der Waals surface area contributed by atoms with Crippen LogP contribution in [0.15, 0.2) is 45.6 Å². The van der Waals surface area contributed by atoms with Crippen molar-refractivity contribution in [3.63, 3.8) is 0 Å². The Morgan fingerprint density at radius 3 is 2.43 bits per heavy atom. The number of methoxy groups -OCH3 is 2. The molecule has 2 aromatic rings. The topological polar surface area (TPSA) is 106 Å². The number of fused-ring (bicyclic) bond motifs is 3. The molecule has 0 aromatic heterocycles. The molecular weight excluding hydrogens is 503 g/mol. The van der Waals surface area contributed by atoms with Crippen molar-refractivity contribution in [1.29, 1.82) is 0 Å². The van der Waals surface area contributed by atoms with Gasteiger partial charge in [0.05, 0.1) is 0 Å². The van der Waals surface area contributed by atoms with Crippen LogP contribution in [0.3, 0.4) is 0 Å². The van der Waals surface area contributed by atoms with Gasteiger partial charge in [-0.2, -0.15) is 0 Å². The number of hydrogen-bond donors (Lipinski definition) is 2. The normalized spacial score (nSPS) is 12.3. The quantitative estimate of drug-likeness (QED) is 0.263. The Kier molecular flexibility index (Phi) is 4.14. The minimum absolute atomic E-state index is 0.00272. The zero-order chi connectivity index (χ0) is 21.2. The van der Waals surface area contributed by atoms with Crippen LogP contribution in [0.1, 0.15) is 10.4 Å². The molecule has 7 nitrogen and oxygen atoms in total. The van der Waals surface area contributed by atoms with Crippen LogP contribution >= 0.6 is 0 Å². The van der Waals surface area contributed by atoms with E-state index in [-0.39, 0.29) is 60.8 Å². The fourth-order valence-electron chi connectivity index (χ4n) is 3.69. The molecule has 0 atom stereocenters. The van der Waals surface area contributed by atoms with Crippen LogP contribution in [-0.2, 0) is 0 Å². The summed E-state index contributed by atoms with van der Waals surface area (Å²) in [5.41, 5.74) is 1.64. The summed E-state index contributed by atoms with van der Waals surface area (Å²) in [4.78, 5) is 24.4. The first-order valence-electron chi connectivity index (χ1n) is 8.84. The van der Waals surface area contributed by atoms with E-state index >= 15 is 0 Å². The molecule has 0 saturated heterocycles. The number of ether oxygens (including phenoxy) is 2. The Morgan fingerprint density at radius 2 is 1.73 bits per heavy atom. The van der Waals surface area contributed by atoms with Crippen LogP contribution in [0.5, 0.6) is 17.2 Å². The number of aromatic hydroxyl groups is 1. The van der Waals surface area contributed by atoms with E-state index in [1.807, 2.05) is 6.07 Å². The van der Waals surface area contributed by atoms with Gasteiger partial charge in [0, 0.05) is 0 Å². The third-order valence-corrected chi connectivity index (χ3v) is 7.45. The summed E-state index contributed by atoms with van der Waals surface area (Å²) in [5.74, 6) is -0.931. The fraction of sp³-hybridized carbons (Fsp3) is 0.0909. The van der Waals surface area contributed by atoms with E-state index in [0.717, 1.165) is 3.57 Å². The average molecular weight is 517 g/mol. The summed E-state index contributed by atoms with van der Waals surface area (Å²) >= 11 is -0.265. The molecule has 2 aliphatic heterocycles. The van der Waals surface area contributed by atoms with Crippen LogP contribution in [0.2, 0.25) is 0 Å². The second kappa shape index (κ2) is 6.63. The minimum atomic E-state index is -1.04. The van der Waals surface area contributed by atoms with Crippen molar-refractivity contribution in [3.05, 3.63) is 59.3 Å². The molecule has 8 heteroatoms. The van der Waals surface area contributed by atoms with Crippen LogP contribution in [0.25, 0.3) is 33.4 Å². The Balaban J connectivity index is 2.02. The number of carbonyl (C=O) groups is 1. The summed E-state index contributed by atoms with van der Waals surface area (Å²) in [5, 5.41) is 20.7. The van der Waals surface area contributed by atoms with E-state index in [1.54, 1.807) is 18.2 Å². The van der Waals surface area contributed by atoms with Crippen LogP contribution in [0, 0.1) is 7.14 Å². The predicted molar refractivity (Wildman–Crippen MR) is 104 cm³/mol. The van der Waals surface area contributed by atoms with Gasteiger partial charge in [0.1, 0.15) is 0 Å². The van der Waals surface area contributed by atoms with Gasteiger partial charge in [0.25, 0.3) is 0 Å². The molecule has 0 unspecified atom stereocenters. The number of phenolic OH excluding ortho intramolecular Hbond substituents is 1. The van der Waals surface area contributed by atoms with Gasteiger partial charge < -0.3 is 0 Å². The molecular formula is C22H14IO7-. The van der Waals surface area contributed by atoms with Gasteiger partial charge in [-0.1, -0.05) is 0 Å². The van der Waals surface area contributed by atoms with E-state index in [4.69, 9.17) is 13.9 Å². The molecule has 152 valence electrons. The summed E-state index contributed by atoms with van der Waals surface area (Å²) in [6, 6.07) is 9.70. The van der Waals surface area contributed by atoms with E-state index in [9.17, 15) is 19.8 Å². The molecule has 0 radical (unpaired) electrons. The Morgan fingerprint density at radius 1 is 1.00 bits per heavy atom. The van der Waals surface area contributed by atoms with Crippen molar-refractivity contribution in [1.82, 2.24) is 0 Å². The Hall–Kier alpha value is -3.27. The second-order valence-electron chi connectivity index (χ2n) is 6.66. The van der Waals surface area contributed by atoms with Crippen LogP contribution < -0.4 is 36.1 Å². The SMILES string of the molecule is COc1c2oc3c(OC)c(O)ccc3c(-c3cc4c(cc3C(=O)O)[I-]4)c-2ccc1=O. The third kappa shape index (κ3) is 2.63. The number of aromatic carboxylic acids is 1. The fourth-order valence-corrected chi connectivity index (χ4v) is 5.43. The molecule has 2 aromatic carbocycles. The zero-order valence-electron chi connectivity index (χ0n) is 15.8.